The summed E-state index contributed by atoms with van der Waals surface area (Å²) in [6.07, 6.45) is 0. The third-order valence-electron chi connectivity index (χ3n) is 3.23. The van der Waals surface area contributed by atoms with E-state index in [0.717, 1.165) is 11.1 Å². The van der Waals surface area contributed by atoms with Gasteiger partial charge in [-0.1, -0.05) is 36.4 Å². The molecule has 4 N–H and O–H groups in total. The molecule has 0 aromatic heterocycles. The molecule has 0 radical (unpaired) electrons. The van der Waals surface area contributed by atoms with Crippen LogP contribution in [-0.4, -0.2) is 17.6 Å². The van der Waals surface area contributed by atoms with E-state index >= 15 is 0 Å². The number of nitrogens with two attached hydrogens (primary N) is 1. The van der Waals surface area contributed by atoms with Crippen LogP contribution in [0.2, 0.25) is 0 Å². The second kappa shape index (κ2) is 6.21. The number of benzene rings is 2. The zero-order valence-electron chi connectivity index (χ0n) is 11.3. The topological polar surface area (TPSA) is 75.4 Å². The number of hydrogen-bond acceptors (Lipinski definition) is 3. The van der Waals surface area contributed by atoms with Gasteiger partial charge in [0.15, 0.2) is 0 Å². The summed E-state index contributed by atoms with van der Waals surface area (Å²) in [7, 11) is 0. The fourth-order valence-corrected chi connectivity index (χ4v) is 2.00. The van der Waals surface area contributed by atoms with Crippen molar-refractivity contribution in [1.82, 2.24) is 0 Å². The number of carbonyl (C=O) groups excluding carboxylic acids is 1. The smallest absolute Gasteiger partial charge is 0.233 e. The van der Waals surface area contributed by atoms with Gasteiger partial charge in [-0.05, 0) is 24.1 Å². The van der Waals surface area contributed by atoms with E-state index in [1.807, 2.05) is 30.3 Å². The van der Waals surface area contributed by atoms with E-state index in [1.165, 1.54) is 6.07 Å². The molecule has 2 aromatic rings. The molecule has 4 nitrogen and oxygen atoms in total. The summed E-state index contributed by atoms with van der Waals surface area (Å²) in [5, 5.41) is 12.4. The van der Waals surface area contributed by atoms with E-state index in [4.69, 9.17) is 5.73 Å². The lowest BCUT2D eigenvalue weighted by molar-refractivity contribution is -0.117. The first-order valence-corrected chi connectivity index (χ1v) is 6.47. The Hall–Kier alpha value is -2.33. The number of amides is 1. The molecule has 0 aliphatic carbocycles. The minimum Gasteiger partial charge on any atom is -0.508 e. The van der Waals surface area contributed by atoms with Crippen LogP contribution in [0.4, 0.5) is 5.69 Å². The van der Waals surface area contributed by atoms with Crippen LogP contribution < -0.4 is 11.1 Å². The average molecular weight is 270 g/mol. The predicted molar refractivity (Wildman–Crippen MR) is 79.7 cm³/mol. The monoisotopic (exact) mass is 270 g/mol. The van der Waals surface area contributed by atoms with Crippen molar-refractivity contribution in [3.63, 3.8) is 0 Å². The summed E-state index contributed by atoms with van der Waals surface area (Å²) in [5.41, 5.74) is 7.91. The minimum atomic E-state index is -0.403. The summed E-state index contributed by atoms with van der Waals surface area (Å²) < 4.78 is 0. The van der Waals surface area contributed by atoms with Crippen LogP contribution in [0.1, 0.15) is 17.0 Å². The maximum atomic E-state index is 12.3. The molecule has 0 bridgehead atoms. The van der Waals surface area contributed by atoms with E-state index in [1.54, 1.807) is 19.1 Å². The molecule has 0 saturated carbocycles. The molecular formula is C16H18N2O2. The molecule has 0 aliphatic heterocycles. The number of nitrogens with one attached hydrogen (secondary N) is 1. The van der Waals surface area contributed by atoms with Crippen LogP contribution in [0.5, 0.6) is 5.75 Å². The van der Waals surface area contributed by atoms with Gasteiger partial charge in [0.25, 0.3) is 0 Å². The molecule has 0 spiro atoms. The molecule has 1 unspecified atom stereocenters. The van der Waals surface area contributed by atoms with Gasteiger partial charge in [0, 0.05) is 18.3 Å². The standard InChI is InChI=1S/C16H18N2O2/c1-11-7-8-13(9-15(11)19)18-16(20)14(10-17)12-5-3-2-4-6-12/h2-9,14,19H,10,17H2,1H3,(H,18,20). The molecule has 0 aliphatic rings. The van der Waals surface area contributed by atoms with E-state index < -0.39 is 5.92 Å². The van der Waals surface area contributed by atoms with Gasteiger partial charge in [-0.2, -0.15) is 0 Å². The molecule has 2 rings (SSSR count). The van der Waals surface area contributed by atoms with Crippen LogP contribution >= 0.6 is 0 Å². The Labute approximate surface area is 118 Å². The molecule has 2 aromatic carbocycles. The van der Waals surface area contributed by atoms with Crippen molar-refractivity contribution in [1.29, 1.82) is 0 Å². The summed E-state index contributed by atoms with van der Waals surface area (Å²) in [4.78, 5) is 12.3. The first-order chi connectivity index (χ1) is 9.61. The number of aryl methyl sites for hydroxylation is 1. The second-order valence-electron chi connectivity index (χ2n) is 4.69. The highest BCUT2D eigenvalue weighted by Crippen LogP contribution is 2.22. The third kappa shape index (κ3) is 3.16. The van der Waals surface area contributed by atoms with E-state index in [9.17, 15) is 9.90 Å². The molecule has 0 fully saturated rings. The quantitative estimate of drug-likeness (QED) is 0.798. The maximum absolute atomic E-state index is 12.3. The molecule has 104 valence electrons. The highest BCUT2D eigenvalue weighted by Gasteiger charge is 2.19. The highest BCUT2D eigenvalue weighted by molar-refractivity contribution is 5.96. The van der Waals surface area contributed by atoms with E-state index in [2.05, 4.69) is 5.32 Å². The number of anilines is 1. The van der Waals surface area contributed by atoms with Crippen molar-refractivity contribution >= 4 is 11.6 Å². The number of carbonyl (C=O) groups is 1. The minimum absolute atomic E-state index is 0.159. The van der Waals surface area contributed by atoms with Gasteiger partial charge in [-0.15, -0.1) is 0 Å². The summed E-state index contributed by atoms with van der Waals surface area (Å²) in [6.45, 7) is 2.03. The Kier molecular flexibility index (Phi) is 4.38. The molecule has 0 heterocycles. The molecular weight excluding hydrogens is 252 g/mol. The van der Waals surface area contributed by atoms with Gasteiger partial charge >= 0.3 is 0 Å². The lowest BCUT2D eigenvalue weighted by Crippen LogP contribution is -2.27. The first kappa shape index (κ1) is 14.1. The Morgan fingerprint density at radius 1 is 1.25 bits per heavy atom. The van der Waals surface area contributed by atoms with Crippen molar-refractivity contribution in [2.24, 2.45) is 5.73 Å². The Balaban J connectivity index is 2.15. The van der Waals surface area contributed by atoms with E-state index in [-0.39, 0.29) is 18.2 Å². The SMILES string of the molecule is Cc1ccc(NC(=O)C(CN)c2ccccc2)cc1O. The van der Waals surface area contributed by atoms with E-state index in [0.29, 0.717) is 5.69 Å². The van der Waals surface area contributed by atoms with Crippen LogP contribution in [0.25, 0.3) is 0 Å². The summed E-state index contributed by atoms with van der Waals surface area (Å²) in [6, 6.07) is 14.5. The fourth-order valence-electron chi connectivity index (χ4n) is 2.00. The lowest BCUT2D eigenvalue weighted by atomic mass is 9.98. The van der Waals surface area contributed by atoms with Crippen molar-refractivity contribution in [2.75, 3.05) is 11.9 Å². The Bertz CT molecular complexity index is 597. The van der Waals surface area contributed by atoms with Gasteiger partial charge in [-0.25, -0.2) is 0 Å². The molecule has 4 heteroatoms. The number of phenolic OH excluding ortho intramolecular Hbond substituents is 1. The van der Waals surface area contributed by atoms with Crippen LogP contribution in [0.15, 0.2) is 48.5 Å². The maximum Gasteiger partial charge on any atom is 0.233 e. The van der Waals surface area contributed by atoms with Crippen LogP contribution in [0, 0.1) is 6.92 Å². The van der Waals surface area contributed by atoms with Crippen molar-refractivity contribution < 1.29 is 9.90 Å². The summed E-state index contributed by atoms with van der Waals surface area (Å²) >= 11 is 0. The van der Waals surface area contributed by atoms with Gasteiger partial charge < -0.3 is 16.2 Å². The Morgan fingerprint density at radius 2 is 1.95 bits per heavy atom. The van der Waals surface area contributed by atoms with Crippen LogP contribution in [0.3, 0.4) is 0 Å². The lowest BCUT2D eigenvalue weighted by Gasteiger charge is -2.15. The third-order valence-corrected chi connectivity index (χ3v) is 3.23. The van der Waals surface area contributed by atoms with Gasteiger partial charge in [0.05, 0.1) is 5.92 Å². The number of phenols is 1. The van der Waals surface area contributed by atoms with Crippen molar-refractivity contribution in [2.45, 2.75) is 12.8 Å². The van der Waals surface area contributed by atoms with Gasteiger partial charge in [-0.3, -0.25) is 4.79 Å². The Morgan fingerprint density at radius 3 is 2.55 bits per heavy atom. The largest absolute Gasteiger partial charge is 0.508 e. The molecule has 1 amide bonds. The summed E-state index contributed by atoms with van der Waals surface area (Å²) in [5.74, 6) is -0.423. The number of hydrogen-bond donors (Lipinski definition) is 3. The molecule has 0 saturated heterocycles. The first-order valence-electron chi connectivity index (χ1n) is 6.47. The molecule has 20 heavy (non-hydrogen) atoms. The van der Waals surface area contributed by atoms with Gasteiger partial charge in [0.2, 0.25) is 5.91 Å². The van der Waals surface area contributed by atoms with Crippen molar-refractivity contribution in [3.05, 3.63) is 59.7 Å². The second-order valence-corrected chi connectivity index (χ2v) is 4.69. The van der Waals surface area contributed by atoms with Gasteiger partial charge in [0.1, 0.15) is 5.75 Å². The zero-order valence-corrected chi connectivity index (χ0v) is 11.3. The van der Waals surface area contributed by atoms with Crippen LogP contribution in [-0.2, 0) is 4.79 Å². The molecule has 1 atom stereocenters. The number of rotatable bonds is 4. The zero-order chi connectivity index (χ0) is 14.5. The normalized spacial score (nSPS) is 11.9. The fraction of sp³-hybridized carbons (Fsp3) is 0.188. The number of aromatic hydroxyl groups is 1. The predicted octanol–water partition coefficient (Wildman–Crippen LogP) is 2.38. The highest BCUT2D eigenvalue weighted by atomic mass is 16.3. The average Bonchev–Trinajstić information content (AvgIpc) is 2.45. The van der Waals surface area contributed by atoms with Crippen molar-refractivity contribution in [3.8, 4) is 5.75 Å².